The molecule has 1 amide bonds. The molecule has 16 heavy (non-hydrogen) atoms. The standard InChI is InChI=1S/C11H9NO3S/c1-14-8-4-2-3-7(5-8)6-9-10(13)12-11(16)15-9/h2-6H,1H3,(H,12,13,16)/b9-6-. The van der Waals surface area contributed by atoms with E-state index in [1.165, 1.54) is 0 Å². The van der Waals surface area contributed by atoms with Gasteiger partial charge in [-0.3, -0.25) is 10.1 Å². The van der Waals surface area contributed by atoms with Crippen molar-refractivity contribution >= 4 is 29.4 Å². The number of methoxy groups -OCH3 is 1. The summed E-state index contributed by atoms with van der Waals surface area (Å²) >= 11 is 4.72. The smallest absolute Gasteiger partial charge is 0.294 e. The molecule has 1 aliphatic rings. The third kappa shape index (κ3) is 2.20. The highest BCUT2D eigenvalue weighted by atomic mass is 32.1. The molecule has 0 unspecified atom stereocenters. The van der Waals surface area contributed by atoms with Gasteiger partial charge in [0, 0.05) is 0 Å². The van der Waals surface area contributed by atoms with E-state index in [4.69, 9.17) is 21.7 Å². The number of nitrogens with one attached hydrogen (secondary N) is 1. The molecule has 82 valence electrons. The Morgan fingerprint density at radius 1 is 1.50 bits per heavy atom. The Morgan fingerprint density at radius 3 is 2.94 bits per heavy atom. The molecular weight excluding hydrogens is 226 g/mol. The number of carbonyl (C=O) groups excluding carboxylic acids is 1. The first-order valence-electron chi connectivity index (χ1n) is 4.58. The topological polar surface area (TPSA) is 47.6 Å². The van der Waals surface area contributed by atoms with Crippen molar-refractivity contribution in [1.82, 2.24) is 5.32 Å². The Labute approximate surface area is 97.9 Å². The molecule has 1 saturated heterocycles. The maximum atomic E-state index is 11.3. The highest BCUT2D eigenvalue weighted by molar-refractivity contribution is 7.80. The molecule has 0 aliphatic carbocycles. The summed E-state index contributed by atoms with van der Waals surface area (Å²) in [5.41, 5.74) is 0.814. The normalized spacial score (nSPS) is 17.2. The molecule has 0 saturated carbocycles. The van der Waals surface area contributed by atoms with Crippen LogP contribution in [0.5, 0.6) is 5.75 Å². The molecule has 0 radical (unpaired) electrons. The zero-order chi connectivity index (χ0) is 11.5. The van der Waals surface area contributed by atoms with Gasteiger partial charge in [-0.25, -0.2) is 0 Å². The lowest BCUT2D eigenvalue weighted by molar-refractivity contribution is -0.116. The van der Waals surface area contributed by atoms with Gasteiger partial charge in [0.05, 0.1) is 7.11 Å². The predicted octanol–water partition coefficient (Wildman–Crippen LogP) is 1.47. The first-order chi connectivity index (χ1) is 7.69. The van der Waals surface area contributed by atoms with Gasteiger partial charge >= 0.3 is 0 Å². The van der Waals surface area contributed by atoms with Gasteiger partial charge in [0.2, 0.25) is 0 Å². The zero-order valence-corrected chi connectivity index (χ0v) is 9.34. The first-order valence-corrected chi connectivity index (χ1v) is 4.99. The molecule has 0 bridgehead atoms. The van der Waals surface area contributed by atoms with Crippen LogP contribution in [0.15, 0.2) is 30.0 Å². The summed E-state index contributed by atoms with van der Waals surface area (Å²) < 4.78 is 10.1. The van der Waals surface area contributed by atoms with Crippen LogP contribution in [0.25, 0.3) is 6.08 Å². The van der Waals surface area contributed by atoms with Crippen LogP contribution in [-0.4, -0.2) is 18.2 Å². The van der Waals surface area contributed by atoms with Crippen LogP contribution in [0.1, 0.15) is 5.56 Å². The summed E-state index contributed by atoms with van der Waals surface area (Å²) in [6.45, 7) is 0. The van der Waals surface area contributed by atoms with E-state index in [9.17, 15) is 4.79 Å². The molecule has 1 fully saturated rings. The van der Waals surface area contributed by atoms with Gasteiger partial charge < -0.3 is 9.47 Å². The Balaban J connectivity index is 2.28. The fourth-order valence-electron chi connectivity index (χ4n) is 1.30. The Hall–Kier alpha value is -1.88. The van der Waals surface area contributed by atoms with E-state index >= 15 is 0 Å². The summed E-state index contributed by atoms with van der Waals surface area (Å²) in [4.78, 5) is 11.3. The first kappa shape index (κ1) is 10.6. The van der Waals surface area contributed by atoms with Crippen molar-refractivity contribution in [3.63, 3.8) is 0 Å². The molecule has 4 nitrogen and oxygen atoms in total. The molecule has 1 aromatic carbocycles. The minimum absolute atomic E-state index is 0.0825. The van der Waals surface area contributed by atoms with Crippen LogP contribution >= 0.6 is 12.2 Å². The van der Waals surface area contributed by atoms with Crippen molar-refractivity contribution < 1.29 is 14.3 Å². The lowest BCUT2D eigenvalue weighted by Gasteiger charge is -2.00. The molecule has 1 heterocycles. The highest BCUT2D eigenvalue weighted by Crippen LogP contribution is 2.17. The lowest BCUT2D eigenvalue weighted by atomic mass is 10.2. The summed E-state index contributed by atoms with van der Waals surface area (Å²) in [5, 5.41) is 2.47. The number of rotatable bonds is 2. The van der Waals surface area contributed by atoms with Crippen LogP contribution in [0.4, 0.5) is 0 Å². The number of thiocarbonyl (C=S) groups is 1. The minimum Gasteiger partial charge on any atom is -0.497 e. The van der Waals surface area contributed by atoms with Gasteiger partial charge in [-0.1, -0.05) is 12.1 Å². The van der Waals surface area contributed by atoms with E-state index in [0.29, 0.717) is 0 Å². The molecule has 0 aromatic heterocycles. The van der Waals surface area contributed by atoms with E-state index in [1.54, 1.807) is 19.3 Å². The molecule has 1 aliphatic heterocycles. The highest BCUT2D eigenvalue weighted by Gasteiger charge is 2.22. The second-order valence-corrected chi connectivity index (χ2v) is 3.50. The van der Waals surface area contributed by atoms with Crippen molar-refractivity contribution in [2.45, 2.75) is 0 Å². The van der Waals surface area contributed by atoms with Gasteiger partial charge in [-0.05, 0) is 36.0 Å². The number of carbonyl (C=O) groups is 1. The maximum absolute atomic E-state index is 11.3. The Kier molecular flexibility index (Phi) is 2.87. The van der Waals surface area contributed by atoms with E-state index in [2.05, 4.69) is 5.32 Å². The van der Waals surface area contributed by atoms with Crippen molar-refractivity contribution in [2.75, 3.05) is 7.11 Å². The predicted molar refractivity (Wildman–Crippen MR) is 62.8 cm³/mol. The molecule has 0 atom stereocenters. The second-order valence-electron chi connectivity index (χ2n) is 3.13. The largest absolute Gasteiger partial charge is 0.497 e. The van der Waals surface area contributed by atoms with Gasteiger partial charge in [0.1, 0.15) is 5.75 Å². The number of ether oxygens (including phenoxy) is 2. The maximum Gasteiger partial charge on any atom is 0.294 e. The van der Waals surface area contributed by atoms with E-state index in [0.717, 1.165) is 11.3 Å². The van der Waals surface area contributed by atoms with Crippen molar-refractivity contribution in [2.24, 2.45) is 0 Å². The fraction of sp³-hybridized carbons (Fsp3) is 0.0909. The molecular formula is C11H9NO3S. The number of benzene rings is 1. The second kappa shape index (κ2) is 4.32. The average Bonchev–Trinajstić information content (AvgIpc) is 2.58. The van der Waals surface area contributed by atoms with E-state index in [-0.39, 0.29) is 16.8 Å². The van der Waals surface area contributed by atoms with Crippen LogP contribution in [0.3, 0.4) is 0 Å². The minimum atomic E-state index is -0.326. The van der Waals surface area contributed by atoms with Crippen molar-refractivity contribution in [3.05, 3.63) is 35.6 Å². The third-order valence-electron chi connectivity index (χ3n) is 2.03. The number of hydrogen-bond acceptors (Lipinski definition) is 4. The molecule has 2 rings (SSSR count). The Bertz CT molecular complexity index is 482. The monoisotopic (exact) mass is 235 g/mol. The molecule has 1 aromatic rings. The van der Waals surface area contributed by atoms with Crippen molar-refractivity contribution in [1.29, 1.82) is 0 Å². The SMILES string of the molecule is COc1cccc(/C=C2\OC(=S)NC2=O)c1. The van der Waals surface area contributed by atoms with Gasteiger partial charge in [0.25, 0.3) is 11.1 Å². The van der Waals surface area contributed by atoms with Crippen LogP contribution in [0, 0.1) is 0 Å². The summed E-state index contributed by atoms with van der Waals surface area (Å²) in [7, 11) is 1.58. The van der Waals surface area contributed by atoms with Crippen LogP contribution in [0.2, 0.25) is 0 Å². The van der Waals surface area contributed by atoms with Gasteiger partial charge in [0.15, 0.2) is 5.76 Å². The molecule has 0 spiro atoms. The Morgan fingerprint density at radius 2 is 2.31 bits per heavy atom. The van der Waals surface area contributed by atoms with Crippen molar-refractivity contribution in [3.8, 4) is 5.75 Å². The lowest BCUT2D eigenvalue weighted by Crippen LogP contribution is -2.18. The zero-order valence-electron chi connectivity index (χ0n) is 8.52. The third-order valence-corrected chi connectivity index (χ3v) is 2.22. The quantitative estimate of drug-likeness (QED) is 0.623. The van der Waals surface area contributed by atoms with Gasteiger partial charge in [-0.15, -0.1) is 0 Å². The van der Waals surface area contributed by atoms with Gasteiger partial charge in [-0.2, -0.15) is 0 Å². The fourth-order valence-corrected chi connectivity index (χ4v) is 1.49. The summed E-state index contributed by atoms with van der Waals surface area (Å²) in [6, 6.07) is 7.29. The summed E-state index contributed by atoms with van der Waals surface area (Å²) in [6.07, 6.45) is 1.61. The van der Waals surface area contributed by atoms with E-state index < -0.39 is 0 Å². The molecule has 5 heteroatoms. The number of amides is 1. The summed E-state index contributed by atoms with van der Waals surface area (Å²) in [5.74, 6) is 0.585. The van der Waals surface area contributed by atoms with Crippen LogP contribution in [-0.2, 0) is 9.53 Å². The molecule has 1 N–H and O–H groups in total. The number of hydrogen-bond donors (Lipinski definition) is 1. The average molecular weight is 235 g/mol. The van der Waals surface area contributed by atoms with Crippen LogP contribution < -0.4 is 10.1 Å². The van der Waals surface area contributed by atoms with E-state index in [1.807, 2.05) is 18.2 Å².